The molecule has 0 saturated heterocycles. The van der Waals surface area contributed by atoms with Crippen molar-refractivity contribution in [2.45, 2.75) is 0 Å². The van der Waals surface area contributed by atoms with Gasteiger partial charge in [0.05, 0.1) is 5.56 Å². The smallest absolute Gasteiger partial charge is 0.338 e. The Balaban J connectivity index is 3.18. The summed E-state index contributed by atoms with van der Waals surface area (Å²) in [6, 6.07) is 3.90. The molecule has 0 spiro atoms. The van der Waals surface area contributed by atoms with Crippen LogP contribution in [-0.2, 0) is 0 Å². The summed E-state index contributed by atoms with van der Waals surface area (Å²) in [5.74, 6) is -1.98. The fourth-order valence-electron chi connectivity index (χ4n) is 0.883. The number of carbonyl (C=O) groups is 1. The third kappa shape index (κ3) is 2.39. The molecule has 0 atom stereocenters. The molecule has 4 heteroatoms. The van der Waals surface area contributed by atoms with Gasteiger partial charge < -0.3 is 5.11 Å². The molecular weight excluding hydrogens is 239 g/mol. The summed E-state index contributed by atoms with van der Waals surface area (Å²) in [4.78, 5) is 12.1. The van der Waals surface area contributed by atoms with E-state index in [1.54, 1.807) is 11.1 Å². The van der Waals surface area contributed by atoms with Crippen LogP contribution in [0.5, 0.6) is 0 Å². The van der Waals surface area contributed by atoms with Crippen LogP contribution in [0.25, 0.3) is 6.08 Å². The van der Waals surface area contributed by atoms with Gasteiger partial charge in [-0.25, -0.2) is 9.18 Å². The van der Waals surface area contributed by atoms with Crippen LogP contribution >= 0.6 is 15.9 Å². The lowest BCUT2D eigenvalue weighted by molar-refractivity contribution is 0.0692. The molecule has 0 aliphatic heterocycles. The quantitative estimate of drug-likeness (QED) is 0.869. The average Bonchev–Trinajstić information content (AvgIpc) is 2.08. The predicted octanol–water partition coefficient (Wildman–Crippen LogP) is 2.89. The van der Waals surface area contributed by atoms with E-state index in [0.717, 1.165) is 6.07 Å². The molecule has 1 N–H and O–H groups in total. The van der Waals surface area contributed by atoms with E-state index in [4.69, 9.17) is 5.11 Å². The summed E-state index contributed by atoms with van der Waals surface area (Å²) in [6.07, 6.45) is 1.63. The van der Waals surface area contributed by atoms with E-state index < -0.39 is 11.8 Å². The normalized spacial score (nSPS) is 10.6. The fraction of sp³-hybridized carbons (Fsp3) is 0. The summed E-state index contributed by atoms with van der Waals surface area (Å²) in [6.45, 7) is 0. The summed E-state index contributed by atoms with van der Waals surface area (Å²) in [5, 5.41) is 8.58. The third-order valence-corrected chi connectivity index (χ3v) is 1.74. The van der Waals surface area contributed by atoms with Crippen molar-refractivity contribution in [1.82, 2.24) is 0 Å². The Labute approximate surface area is 82.8 Å². The van der Waals surface area contributed by atoms with Gasteiger partial charge in [-0.2, -0.15) is 0 Å². The molecule has 1 aromatic rings. The first kappa shape index (κ1) is 9.92. The largest absolute Gasteiger partial charge is 0.478 e. The third-order valence-electron chi connectivity index (χ3n) is 1.48. The van der Waals surface area contributed by atoms with Crippen molar-refractivity contribution in [3.8, 4) is 0 Å². The highest BCUT2D eigenvalue weighted by Crippen LogP contribution is 2.12. The Morgan fingerprint density at radius 2 is 2.23 bits per heavy atom. The highest BCUT2D eigenvalue weighted by molar-refractivity contribution is 9.11. The van der Waals surface area contributed by atoms with E-state index in [1.807, 2.05) is 0 Å². The van der Waals surface area contributed by atoms with Crippen molar-refractivity contribution in [2.75, 3.05) is 0 Å². The van der Waals surface area contributed by atoms with Crippen LogP contribution in [0.1, 0.15) is 15.9 Å². The van der Waals surface area contributed by atoms with E-state index in [1.165, 1.54) is 12.1 Å². The second-order valence-electron chi connectivity index (χ2n) is 2.34. The lowest BCUT2D eigenvalue weighted by atomic mass is 10.1. The molecule has 0 heterocycles. The number of carboxylic acid groups (broad SMARTS) is 1. The standard InChI is InChI=1S/C9H6BrFO2/c10-4-3-6-1-2-8(11)7(5-6)9(12)13/h1-5H,(H,12,13)/b4-3+. The Kier molecular flexibility index (Phi) is 3.19. The van der Waals surface area contributed by atoms with E-state index in [9.17, 15) is 9.18 Å². The number of halogens is 2. The van der Waals surface area contributed by atoms with Gasteiger partial charge >= 0.3 is 5.97 Å². The molecule has 0 amide bonds. The number of benzene rings is 1. The molecule has 0 aliphatic rings. The minimum Gasteiger partial charge on any atom is -0.478 e. The summed E-state index contributed by atoms with van der Waals surface area (Å²) >= 11 is 3.04. The second kappa shape index (κ2) is 4.18. The van der Waals surface area contributed by atoms with Gasteiger partial charge in [0.15, 0.2) is 0 Å². The van der Waals surface area contributed by atoms with Crippen LogP contribution in [-0.4, -0.2) is 11.1 Å². The average molecular weight is 245 g/mol. The zero-order chi connectivity index (χ0) is 9.84. The molecular formula is C9H6BrFO2. The Morgan fingerprint density at radius 1 is 1.54 bits per heavy atom. The SMILES string of the molecule is O=C(O)c1cc(/C=C/Br)ccc1F. The maximum atomic E-state index is 12.8. The van der Waals surface area contributed by atoms with Gasteiger partial charge in [0.2, 0.25) is 0 Å². The van der Waals surface area contributed by atoms with Crippen LogP contribution in [0.2, 0.25) is 0 Å². The lowest BCUT2D eigenvalue weighted by Gasteiger charge is -1.98. The van der Waals surface area contributed by atoms with Crippen molar-refractivity contribution in [3.63, 3.8) is 0 Å². The predicted molar refractivity (Wildman–Crippen MR) is 51.3 cm³/mol. The fourth-order valence-corrected chi connectivity index (χ4v) is 1.19. The highest BCUT2D eigenvalue weighted by atomic mass is 79.9. The molecule has 0 aromatic heterocycles. The van der Waals surface area contributed by atoms with Crippen LogP contribution < -0.4 is 0 Å². The van der Waals surface area contributed by atoms with E-state index in [-0.39, 0.29) is 5.56 Å². The van der Waals surface area contributed by atoms with Gasteiger partial charge in [0, 0.05) is 0 Å². The molecule has 2 nitrogen and oxygen atoms in total. The minimum atomic E-state index is -1.26. The van der Waals surface area contributed by atoms with Gasteiger partial charge in [0.25, 0.3) is 0 Å². The van der Waals surface area contributed by atoms with Crippen molar-refractivity contribution in [1.29, 1.82) is 0 Å². The first-order valence-electron chi connectivity index (χ1n) is 3.44. The number of hydrogen-bond acceptors (Lipinski definition) is 1. The summed E-state index contributed by atoms with van der Waals surface area (Å²) in [5.41, 5.74) is 0.318. The van der Waals surface area contributed by atoms with Gasteiger partial charge in [0.1, 0.15) is 5.82 Å². The molecule has 0 fully saturated rings. The van der Waals surface area contributed by atoms with Crippen LogP contribution in [0.15, 0.2) is 23.2 Å². The highest BCUT2D eigenvalue weighted by Gasteiger charge is 2.09. The Bertz CT molecular complexity index is 361. The Morgan fingerprint density at radius 3 is 2.77 bits per heavy atom. The molecule has 13 heavy (non-hydrogen) atoms. The van der Waals surface area contributed by atoms with Gasteiger partial charge in [-0.15, -0.1) is 0 Å². The number of hydrogen-bond donors (Lipinski definition) is 1. The molecule has 0 unspecified atom stereocenters. The van der Waals surface area contributed by atoms with E-state index in [0.29, 0.717) is 5.56 Å². The number of carboxylic acids is 1. The van der Waals surface area contributed by atoms with Gasteiger partial charge in [-0.05, 0) is 28.8 Å². The molecule has 0 saturated carbocycles. The minimum absolute atomic E-state index is 0.317. The molecule has 68 valence electrons. The zero-order valence-corrected chi connectivity index (χ0v) is 8.08. The maximum Gasteiger partial charge on any atom is 0.338 e. The summed E-state index contributed by atoms with van der Waals surface area (Å²) in [7, 11) is 0. The van der Waals surface area contributed by atoms with Crippen molar-refractivity contribution >= 4 is 28.0 Å². The zero-order valence-electron chi connectivity index (χ0n) is 6.50. The first-order valence-corrected chi connectivity index (χ1v) is 4.36. The van der Waals surface area contributed by atoms with Crippen LogP contribution in [0.3, 0.4) is 0 Å². The monoisotopic (exact) mass is 244 g/mol. The Hall–Kier alpha value is -1.16. The molecule has 1 rings (SSSR count). The molecule has 0 bridgehead atoms. The number of rotatable bonds is 2. The van der Waals surface area contributed by atoms with Crippen molar-refractivity contribution in [2.24, 2.45) is 0 Å². The molecule has 1 aromatic carbocycles. The van der Waals surface area contributed by atoms with Gasteiger partial charge in [-0.3, -0.25) is 0 Å². The maximum absolute atomic E-state index is 12.8. The molecule has 0 aliphatic carbocycles. The topological polar surface area (TPSA) is 37.3 Å². The van der Waals surface area contributed by atoms with E-state index in [2.05, 4.69) is 15.9 Å². The first-order chi connectivity index (χ1) is 6.15. The lowest BCUT2D eigenvalue weighted by Crippen LogP contribution is -2.00. The van der Waals surface area contributed by atoms with E-state index >= 15 is 0 Å². The van der Waals surface area contributed by atoms with Crippen LogP contribution in [0.4, 0.5) is 4.39 Å². The van der Waals surface area contributed by atoms with Crippen molar-refractivity contribution in [3.05, 3.63) is 40.1 Å². The van der Waals surface area contributed by atoms with Crippen LogP contribution in [0, 0.1) is 5.82 Å². The second-order valence-corrected chi connectivity index (χ2v) is 2.87. The van der Waals surface area contributed by atoms with Gasteiger partial charge in [-0.1, -0.05) is 22.0 Å². The number of aromatic carboxylic acids is 1. The molecule has 0 radical (unpaired) electrons. The summed E-state index contributed by atoms with van der Waals surface area (Å²) < 4.78 is 12.8. The van der Waals surface area contributed by atoms with Crippen molar-refractivity contribution < 1.29 is 14.3 Å².